The average molecular weight is 229 g/mol. The van der Waals surface area contributed by atoms with Gasteiger partial charge < -0.3 is 15.1 Å². The van der Waals surface area contributed by atoms with Crippen LogP contribution in [0, 0.1) is 11.8 Å². The van der Waals surface area contributed by atoms with E-state index in [2.05, 4.69) is 0 Å². The Labute approximate surface area is 97.3 Å². The molecule has 0 spiro atoms. The van der Waals surface area contributed by atoms with Crippen LogP contribution in [0.15, 0.2) is 0 Å². The number of aliphatic hydroxyl groups excluding tert-OH is 1. The molecule has 0 unspecified atom stereocenters. The van der Waals surface area contributed by atoms with Crippen molar-refractivity contribution in [1.29, 1.82) is 0 Å². The van der Waals surface area contributed by atoms with E-state index in [9.17, 15) is 4.79 Å². The predicted octanol–water partition coefficient (Wildman–Crippen LogP) is 2.18. The highest BCUT2D eigenvalue weighted by Crippen LogP contribution is 2.31. The van der Waals surface area contributed by atoms with Gasteiger partial charge in [-0.3, -0.25) is 0 Å². The third-order valence-electron chi connectivity index (χ3n) is 3.60. The average Bonchev–Trinajstić information content (AvgIpc) is 2.28. The van der Waals surface area contributed by atoms with Gasteiger partial charge in [-0.05, 0) is 37.5 Å². The number of amides is 1. The Kier molecular flexibility index (Phi) is 5.60. The number of carbonyl (C=O) groups is 1. The van der Waals surface area contributed by atoms with E-state index >= 15 is 0 Å². The largest absolute Gasteiger partial charge is 0.465 e. The topological polar surface area (TPSA) is 60.8 Å². The number of hydrogen-bond donors (Lipinski definition) is 2. The minimum atomic E-state index is -0.831. The molecule has 1 aliphatic rings. The van der Waals surface area contributed by atoms with Crippen LogP contribution in [0.1, 0.15) is 38.5 Å². The van der Waals surface area contributed by atoms with Gasteiger partial charge in [0, 0.05) is 20.2 Å². The van der Waals surface area contributed by atoms with E-state index in [1.807, 2.05) is 0 Å². The van der Waals surface area contributed by atoms with Gasteiger partial charge in [-0.25, -0.2) is 4.79 Å². The Balaban J connectivity index is 2.19. The lowest BCUT2D eigenvalue weighted by Crippen LogP contribution is -2.32. The van der Waals surface area contributed by atoms with Crippen molar-refractivity contribution in [2.75, 3.05) is 20.2 Å². The molecule has 1 aliphatic carbocycles. The van der Waals surface area contributed by atoms with Gasteiger partial charge in [0.2, 0.25) is 0 Å². The van der Waals surface area contributed by atoms with Crippen LogP contribution in [0.4, 0.5) is 4.79 Å². The highest BCUT2D eigenvalue weighted by atomic mass is 16.4. The van der Waals surface area contributed by atoms with Crippen LogP contribution in [0.2, 0.25) is 0 Å². The smallest absolute Gasteiger partial charge is 0.407 e. The molecule has 0 radical (unpaired) electrons. The van der Waals surface area contributed by atoms with Gasteiger partial charge >= 0.3 is 6.09 Å². The summed E-state index contributed by atoms with van der Waals surface area (Å²) >= 11 is 0. The molecule has 1 rings (SSSR count). The van der Waals surface area contributed by atoms with E-state index < -0.39 is 6.09 Å². The molecule has 4 nitrogen and oxygen atoms in total. The molecule has 0 atom stereocenters. The van der Waals surface area contributed by atoms with Gasteiger partial charge in [0.25, 0.3) is 0 Å². The molecular weight excluding hydrogens is 206 g/mol. The third kappa shape index (κ3) is 4.39. The molecule has 0 aliphatic heterocycles. The quantitative estimate of drug-likeness (QED) is 0.759. The highest BCUT2D eigenvalue weighted by molar-refractivity contribution is 5.64. The first kappa shape index (κ1) is 13.3. The fraction of sp³-hybridized carbons (Fsp3) is 0.917. The molecule has 16 heavy (non-hydrogen) atoms. The zero-order valence-corrected chi connectivity index (χ0v) is 10.1. The van der Waals surface area contributed by atoms with Crippen molar-refractivity contribution in [2.24, 2.45) is 11.8 Å². The van der Waals surface area contributed by atoms with Crippen LogP contribution in [-0.4, -0.2) is 41.4 Å². The van der Waals surface area contributed by atoms with Crippen molar-refractivity contribution in [3.05, 3.63) is 0 Å². The highest BCUT2D eigenvalue weighted by Gasteiger charge is 2.22. The Hall–Kier alpha value is -0.770. The summed E-state index contributed by atoms with van der Waals surface area (Å²) in [6.45, 7) is 0.962. The first-order chi connectivity index (χ1) is 7.63. The second-order valence-corrected chi connectivity index (χ2v) is 4.92. The minimum Gasteiger partial charge on any atom is -0.465 e. The van der Waals surface area contributed by atoms with Crippen molar-refractivity contribution in [3.8, 4) is 0 Å². The second-order valence-electron chi connectivity index (χ2n) is 4.92. The summed E-state index contributed by atoms with van der Waals surface area (Å²) in [5.74, 6) is 1.28. The first-order valence-corrected chi connectivity index (χ1v) is 6.18. The van der Waals surface area contributed by atoms with Crippen molar-refractivity contribution in [2.45, 2.75) is 38.5 Å². The Morgan fingerprint density at radius 2 is 1.81 bits per heavy atom. The number of carboxylic acid groups (broad SMARTS) is 1. The molecule has 0 saturated heterocycles. The zero-order chi connectivity index (χ0) is 12.0. The maximum absolute atomic E-state index is 10.7. The molecule has 0 bridgehead atoms. The molecule has 0 aromatic carbocycles. The molecule has 1 amide bonds. The lowest BCUT2D eigenvalue weighted by Gasteiger charge is -2.30. The Bertz CT molecular complexity index is 212. The fourth-order valence-electron chi connectivity index (χ4n) is 2.55. The van der Waals surface area contributed by atoms with E-state index in [1.54, 1.807) is 7.05 Å². The van der Waals surface area contributed by atoms with E-state index in [4.69, 9.17) is 10.2 Å². The second kappa shape index (κ2) is 6.74. The summed E-state index contributed by atoms with van der Waals surface area (Å²) in [7, 11) is 1.64. The Morgan fingerprint density at radius 1 is 1.25 bits per heavy atom. The lowest BCUT2D eigenvalue weighted by molar-refractivity contribution is 0.138. The summed E-state index contributed by atoms with van der Waals surface area (Å²) in [5.41, 5.74) is 0. The third-order valence-corrected chi connectivity index (χ3v) is 3.60. The summed E-state index contributed by atoms with van der Waals surface area (Å²) in [6, 6.07) is 0. The molecule has 1 saturated carbocycles. The van der Waals surface area contributed by atoms with Gasteiger partial charge in [0.1, 0.15) is 0 Å². The van der Waals surface area contributed by atoms with E-state index in [-0.39, 0.29) is 0 Å². The van der Waals surface area contributed by atoms with Crippen LogP contribution < -0.4 is 0 Å². The fourth-order valence-corrected chi connectivity index (χ4v) is 2.55. The molecular formula is C12H23NO3. The SMILES string of the molecule is CN(CC1CCC(CCCO)CC1)C(=O)O. The molecule has 94 valence electrons. The number of nitrogens with zero attached hydrogens (tertiary/aromatic N) is 1. The summed E-state index contributed by atoms with van der Waals surface area (Å²) in [4.78, 5) is 12.1. The van der Waals surface area contributed by atoms with Gasteiger partial charge in [0.15, 0.2) is 0 Å². The standard InChI is InChI=1S/C12H23NO3/c1-13(12(15)16)9-11-6-4-10(5-7-11)3-2-8-14/h10-11,14H,2-9H2,1H3,(H,15,16). The van der Waals surface area contributed by atoms with Crippen LogP contribution in [0.25, 0.3) is 0 Å². The summed E-state index contributed by atoms with van der Waals surface area (Å²) in [5, 5.41) is 17.5. The van der Waals surface area contributed by atoms with Gasteiger partial charge in [0.05, 0.1) is 0 Å². The van der Waals surface area contributed by atoms with Crippen LogP contribution in [0.3, 0.4) is 0 Å². The van der Waals surface area contributed by atoms with E-state index in [0.29, 0.717) is 19.1 Å². The summed E-state index contributed by atoms with van der Waals surface area (Å²) in [6.07, 6.45) is 5.85. The van der Waals surface area contributed by atoms with Crippen molar-refractivity contribution in [3.63, 3.8) is 0 Å². The monoisotopic (exact) mass is 229 g/mol. The predicted molar refractivity (Wildman–Crippen MR) is 62.4 cm³/mol. The minimum absolute atomic E-state index is 0.293. The van der Waals surface area contributed by atoms with Gasteiger partial charge in [-0.1, -0.05) is 12.8 Å². The number of hydrogen-bond acceptors (Lipinski definition) is 2. The Morgan fingerprint density at radius 3 is 2.31 bits per heavy atom. The number of rotatable bonds is 5. The van der Waals surface area contributed by atoms with Crippen LogP contribution in [-0.2, 0) is 0 Å². The molecule has 4 heteroatoms. The van der Waals surface area contributed by atoms with E-state index in [1.165, 1.54) is 17.7 Å². The van der Waals surface area contributed by atoms with Gasteiger partial charge in [-0.15, -0.1) is 0 Å². The first-order valence-electron chi connectivity index (χ1n) is 6.18. The van der Waals surface area contributed by atoms with Crippen molar-refractivity contribution < 1.29 is 15.0 Å². The molecule has 2 N–H and O–H groups in total. The molecule has 1 fully saturated rings. The molecule has 0 heterocycles. The molecule has 0 aromatic heterocycles. The summed E-state index contributed by atoms with van der Waals surface area (Å²) < 4.78 is 0. The van der Waals surface area contributed by atoms with Crippen LogP contribution in [0.5, 0.6) is 0 Å². The van der Waals surface area contributed by atoms with Crippen molar-refractivity contribution >= 4 is 6.09 Å². The van der Waals surface area contributed by atoms with Crippen molar-refractivity contribution in [1.82, 2.24) is 4.90 Å². The van der Waals surface area contributed by atoms with Gasteiger partial charge in [-0.2, -0.15) is 0 Å². The van der Waals surface area contributed by atoms with E-state index in [0.717, 1.165) is 31.6 Å². The maximum atomic E-state index is 10.7. The van der Waals surface area contributed by atoms with Crippen LogP contribution >= 0.6 is 0 Å². The lowest BCUT2D eigenvalue weighted by atomic mass is 9.80. The zero-order valence-electron chi connectivity index (χ0n) is 10.1. The normalized spacial score (nSPS) is 25.4. The molecule has 0 aromatic rings. The number of aliphatic hydroxyl groups is 1. The maximum Gasteiger partial charge on any atom is 0.407 e.